The van der Waals surface area contributed by atoms with E-state index < -0.39 is 10.0 Å². The molecule has 1 saturated carbocycles. The van der Waals surface area contributed by atoms with Crippen molar-refractivity contribution in [2.45, 2.75) is 43.5 Å². The van der Waals surface area contributed by atoms with Crippen molar-refractivity contribution in [3.63, 3.8) is 0 Å². The van der Waals surface area contributed by atoms with Crippen LogP contribution in [0.15, 0.2) is 23.1 Å². The normalized spacial score (nSPS) is 23.3. The third kappa shape index (κ3) is 4.75. The van der Waals surface area contributed by atoms with E-state index in [0.717, 1.165) is 31.4 Å². The van der Waals surface area contributed by atoms with Crippen LogP contribution in [0.25, 0.3) is 0 Å². The number of amides is 1. The molecule has 29 heavy (non-hydrogen) atoms. The summed E-state index contributed by atoms with van der Waals surface area (Å²) in [6.07, 6.45) is 4.22. The van der Waals surface area contributed by atoms with Gasteiger partial charge in [0, 0.05) is 46.0 Å². The molecule has 0 bridgehead atoms. The van der Waals surface area contributed by atoms with Gasteiger partial charge in [-0.1, -0.05) is 6.92 Å². The summed E-state index contributed by atoms with van der Waals surface area (Å²) >= 11 is 0. The lowest BCUT2D eigenvalue weighted by molar-refractivity contribution is 0.0679. The fourth-order valence-electron chi connectivity index (χ4n) is 4.12. The number of rotatable bonds is 5. The Hall–Kier alpha value is -1.64. The van der Waals surface area contributed by atoms with Crippen LogP contribution in [0.4, 0.5) is 5.69 Å². The van der Waals surface area contributed by atoms with Crippen molar-refractivity contribution in [2.75, 3.05) is 52.3 Å². The Labute approximate surface area is 174 Å². The monoisotopic (exact) mass is 423 g/mol. The van der Waals surface area contributed by atoms with Crippen molar-refractivity contribution in [3.8, 4) is 0 Å². The van der Waals surface area contributed by atoms with Crippen molar-refractivity contribution in [1.29, 1.82) is 0 Å². The molecule has 0 spiro atoms. The standard InChI is InChI=1S/C21H33N3O4S/c1-16-5-7-17(8-6-16)23(4)21(25)19-15-18(29(26,27)22(2)3)9-10-20(19)24-11-13-28-14-12-24/h9-10,15-17H,5-8,11-14H2,1-4H3. The van der Waals surface area contributed by atoms with Crippen molar-refractivity contribution in [2.24, 2.45) is 5.92 Å². The molecule has 0 unspecified atom stereocenters. The highest BCUT2D eigenvalue weighted by Gasteiger charge is 2.29. The summed E-state index contributed by atoms with van der Waals surface area (Å²) in [5.74, 6) is 0.592. The van der Waals surface area contributed by atoms with E-state index in [1.807, 2.05) is 11.9 Å². The first kappa shape index (κ1) is 22.1. The van der Waals surface area contributed by atoms with Crippen LogP contribution in [-0.2, 0) is 14.8 Å². The molecule has 2 aliphatic rings. The summed E-state index contributed by atoms with van der Waals surface area (Å²) in [5, 5.41) is 0. The van der Waals surface area contributed by atoms with Crippen LogP contribution in [-0.4, -0.2) is 77.0 Å². The Kier molecular flexibility index (Phi) is 6.86. The largest absolute Gasteiger partial charge is 0.378 e. The molecule has 1 aliphatic heterocycles. The minimum Gasteiger partial charge on any atom is -0.378 e. The van der Waals surface area contributed by atoms with Crippen molar-refractivity contribution >= 4 is 21.6 Å². The fraction of sp³-hybridized carbons (Fsp3) is 0.667. The Bertz CT molecular complexity index is 826. The van der Waals surface area contributed by atoms with Gasteiger partial charge in [-0.15, -0.1) is 0 Å². The predicted octanol–water partition coefficient (Wildman–Crippen LogP) is 2.42. The zero-order chi connectivity index (χ0) is 21.2. The first-order valence-electron chi connectivity index (χ1n) is 10.4. The third-order valence-corrected chi connectivity index (χ3v) is 7.99. The summed E-state index contributed by atoms with van der Waals surface area (Å²) < 4.78 is 32.0. The smallest absolute Gasteiger partial charge is 0.255 e. The second-order valence-electron chi connectivity index (χ2n) is 8.40. The number of carbonyl (C=O) groups is 1. The maximum absolute atomic E-state index is 13.5. The molecular weight excluding hydrogens is 390 g/mol. The second-order valence-corrected chi connectivity index (χ2v) is 10.5. The Morgan fingerprint density at radius 3 is 2.28 bits per heavy atom. The zero-order valence-electron chi connectivity index (χ0n) is 17.9. The van der Waals surface area contributed by atoms with Gasteiger partial charge < -0.3 is 14.5 Å². The first-order chi connectivity index (χ1) is 13.7. The van der Waals surface area contributed by atoms with E-state index in [1.54, 1.807) is 18.2 Å². The number of benzene rings is 1. The highest BCUT2D eigenvalue weighted by Crippen LogP contribution is 2.31. The van der Waals surface area contributed by atoms with Crippen molar-refractivity contribution in [1.82, 2.24) is 9.21 Å². The van der Waals surface area contributed by atoms with Gasteiger partial charge in [0.2, 0.25) is 10.0 Å². The molecule has 8 heteroatoms. The number of nitrogens with zero attached hydrogens (tertiary/aromatic N) is 3. The molecule has 0 aromatic heterocycles. The van der Waals surface area contributed by atoms with Gasteiger partial charge >= 0.3 is 0 Å². The zero-order valence-corrected chi connectivity index (χ0v) is 18.7. The lowest BCUT2D eigenvalue weighted by Gasteiger charge is -2.35. The second kappa shape index (κ2) is 9.02. The van der Waals surface area contributed by atoms with Gasteiger partial charge in [-0.05, 0) is 49.8 Å². The molecule has 1 saturated heterocycles. The molecule has 1 aromatic carbocycles. The van der Waals surface area contributed by atoms with Gasteiger partial charge in [0.1, 0.15) is 0 Å². The van der Waals surface area contributed by atoms with Crippen molar-refractivity contribution < 1.29 is 17.9 Å². The third-order valence-electron chi connectivity index (χ3n) is 6.18. The van der Waals surface area contributed by atoms with Crippen LogP contribution in [0.1, 0.15) is 43.0 Å². The average Bonchev–Trinajstić information content (AvgIpc) is 2.73. The van der Waals surface area contributed by atoms with Crippen LogP contribution < -0.4 is 4.90 Å². The molecule has 0 atom stereocenters. The molecule has 1 aromatic rings. The molecule has 162 valence electrons. The Morgan fingerprint density at radius 1 is 1.07 bits per heavy atom. The number of carbonyl (C=O) groups excluding carboxylic acids is 1. The van der Waals surface area contributed by atoms with Gasteiger partial charge in [0.05, 0.1) is 23.7 Å². The molecular formula is C21H33N3O4S. The average molecular weight is 424 g/mol. The maximum Gasteiger partial charge on any atom is 0.255 e. The number of hydrogen-bond acceptors (Lipinski definition) is 5. The van der Waals surface area contributed by atoms with E-state index in [4.69, 9.17) is 4.74 Å². The Morgan fingerprint density at radius 2 is 1.69 bits per heavy atom. The highest BCUT2D eigenvalue weighted by molar-refractivity contribution is 7.89. The molecule has 1 heterocycles. The van der Waals surface area contributed by atoms with Crippen molar-refractivity contribution in [3.05, 3.63) is 23.8 Å². The molecule has 2 fully saturated rings. The number of sulfonamides is 1. The minimum atomic E-state index is -3.62. The van der Waals surface area contributed by atoms with E-state index in [0.29, 0.717) is 37.8 Å². The lowest BCUT2D eigenvalue weighted by Crippen LogP contribution is -2.41. The number of hydrogen-bond donors (Lipinski definition) is 0. The Balaban J connectivity index is 1.97. The van der Waals surface area contributed by atoms with E-state index >= 15 is 0 Å². The summed E-state index contributed by atoms with van der Waals surface area (Å²) in [4.78, 5) is 17.6. The molecule has 0 N–H and O–H groups in total. The number of ether oxygens (including phenoxy) is 1. The van der Waals surface area contributed by atoms with Crippen LogP contribution in [0.3, 0.4) is 0 Å². The molecule has 1 amide bonds. The summed E-state index contributed by atoms with van der Waals surface area (Å²) in [6, 6.07) is 5.11. The maximum atomic E-state index is 13.5. The quantitative estimate of drug-likeness (QED) is 0.727. The summed E-state index contributed by atoms with van der Waals surface area (Å²) in [7, 11) is 1.23. The van der Waals surface area contributed by atoms with Crippen LogP contribution >= 0.6 is 0 Å². The topological polar surface area (TPSA) is 70.2 Å². The van der Waals surface area contributed by atoms with Gasteiger partial charge in [-0.2, -0.15) is 0 Å². The van der Waals surface area contributed by atoms with Crippen LogP contribution in [0, 0.1) is 5.92 Å². The van der Waals surface area contributed by atoms with E-state index in [2.05, 4.69) is 11.8 Å². The molecule has 0 radical (unpaired) electrons. The number of anilines is 1. The first-order valence-corrected chi connectivity index (χ1v) is 11.8. The number of morpholine rings is 1. The van der Waals surface area contributed by atoms with Gasteiger partial charge in [0.15, 0.2) is 0 Å². The van der Waals surface area contributed by atoms with E-state index in [-0.39, 0.29) is 16.8 Å². The highest BCUT2D eigenvalue weighted by atomic mass is 32.2. The SMILES string of the molecule is CC1CCC(N(C)C(=O)c2cc(S(=O)(=O)N(C)C)ccc2N2CCOCC2)CC1. The summed E-state index contributed by atoms with van der Waals surface area (Å²) in [5.41, 5.74) is 1.24. The van der Waals surface area contributed by atoms with Gasteiger partial charge in [0.25, 0.3) is 5.91 Å². The fourth-order valence-corrected chi connectivity index (χ4v) is 5.05. The van der Waals surface area contributed by atoms with Crippen LogP contribution in [0.2, 0.25) is 0 Å². The van der Waals surface area contributed by atoms with E-state index in [1.165, 1.54) is 18.4 Å². The van der Waals surface area contributed by atoms with Gasteiger partial charge in [-0.3, -0.25) is 4.79 Å². The summed E-state index contributed by atoms with van der Waals surface area (Å²) in [6.45, 7) is 4.82. The van der Waals surface area contributed by atoms with Crippen LogP contribution in [0.5, 0.6) is 0 Å². The predicted molar refractivity (Wildman–Crippen MR) is 114 cm³/mol. The lowest BCUT2D eigenvalue weighted by atomic mass is 9.86. The molecule has 7 nitrogen and oxygen atoms in total. The molecule has 1 aliphatic carbocycles. The van der Waals surface area contributed by atoms with Gasteiger partial charge in [-0.25, -0.2) is 12.7 Å². The minimum absolute atomic E-state index is 0.109. The molecule has 3 rings (SSSR count). The van der Waals surface area contributed by atoms with E-state index in [9.17, 15) is 13.2 Å².